The third kappa shape index (κ3) is 3.97. The van der Waals surface area contributed by atoms with Gasteiger partial charge in [-0.25, -0.2) is 0 Å². The van der Waals surface area contributed by atoms with E-state index in [1.54, 1.807) is 14.0 Å². The molecule has 0 spiro atoms. The number of methoxy groups -OCH3 is 1. The lowest BCUT2D eigenvalue weighted by Crippen LogP contribution is -2.05. The van der Waals surface area contributed by atoms with E-state index in [9.17, 15) is 9.90 Å². The van der Waals surface area contributed by atoms with Gasteiger partial charge in [0.25, 0.3) is 0 Å². The normalized spacial score (nSPS) is 12.3. The summed E-state index contributed by atoms with van der Waals surface area (Å²) in [6, 6.07) is 15.6. The Morgan fingerprint density at radius 3 is 2.65 bits per heavy atom. The van der Waals surface area contributed by atoms with E-state index < -0.39 is 0 Å². The number of Topliss-reactive ketones (excluding diaryl/α,β-unsaturated/α-hetero) is 1. The molecular weight excluding hydrogens is 326 g/mol. The second kappa shape index (κ2) is 8.19. The van der Waals surface area contributed by atoms with Crippen LogP contribution in [0.5, 0.6) is 5.75 Å². The Morgan fingerprint density at radius 2 is 1.88 bits per heavy atom. The maximum atomic E-state index is 13.0. The highest BCUT2D eigenvalue weighted by Gasteiger charge is 2.17. The smallest absolute Gasteiger partial charge is 0.169 e. The number of ether oxygens (including phenoxy) is 1. The third-order valence-corrected chi connectivity index (χ3v) is 4.65. The number of carbonyl (C=O) groups excluding carboxylic acids is 1. The highest BCUT2D eigenvalue weighted by Crippen LogP contribution is 2.25. The van der Waals surface area contributed by atoms with E-state index in [-0.39, 0.29) is 11.9 Å². The molecule has 4 nitrogen and oxygen atoms in total. The van der Waals surface area contributed by atoms with Gasteiger partial charge in [-0.3, -0.25) is 4.79 Å². The zero-order valence-electron chi connectivity index (χ0n) is 15.3. The van der Waals surface area contributed by atoms with Crippen molar-refractivity contribution in [3.63, 3.8) is 0 Å². The lowest BCUT2D eigenvalue weighted by molar-refractivity contribution is 0.0993. The number of hydrogen-bond donors (Lipinski definition) is 1. The molecule has 26 heavy (non-hydrogen) atoms. The molecule has 136 valence electrons. The minimum Gasteiger partial charge on any atom is -0.496 e. The molecule has 0 saturated heterocycles. The molecule has 0 bridgehead atoms. The van der Waals surface area contributed by atoms with Gasteiger partial charge in [-0.15, -0.1) is 0 Å². The standard InChI is InChI=1S/C22H25NO3/c1-16(24)8-7-13-23-15-19(18-10-4-5-11-20(18)23)21(25)14-17-9-3-6-12-22(17)26-2/h3-6,9-12,15-16,24H,7-8,13-14H2,1-2H3/t16-/m1/s1. The van der Waals surface area contributed by atoms with Crippen molar-refractivity contribution in [3.05, 3.63) is 65.9 Å². The van der Waals surface area contributed by atoms with Crippen LogP contribution in [0.3, 0.4) is 0 Å². The topological polar surface area (TPSA) is 51.5 Å². The number of aromatic nitrogens is 1. The Morgan fingerprint density at radius 1 is 1.15 bits per heavy atom. The number of hydrogen-bond acceptors (Lipinski definition) is 3. The van der Waals surface area contributed by atoms with Crippen molar-refractivity contribution in [1.29, 1.82) is 0 Å². The highest BCUT2D eigenvalue weighted by molar-refractivity contribution is 6.09. The number of carbonyl (C=O) groups is 1. The van der Waals surface area contributed by atoms with Gasteiger partial charge in [-0.2, -0.15) is 0 Å². The molecule has 0 aliphatic heterocycles. The summed E-state index contributed by atoms with van der Waals surface area (Å²) < 4.78 is 7.49. The molecule has 3 rings (SSSR count). The lowest BCUT2D eigenvalue weighted by Gasteiger charge is -2.07. The Hall–Kier alpha value is -2.59. The van der Waals surface area contributed by atoms with E-state index in [2.05, 4.69) is 4.57 Å². The molecular formula is C22H25NO3. The number of aryl methyl sites for hydroxylation is 1. The van der Waals surface area contributed by atoms with Gasteiger partial charge in [0.1, 0.15) is 5.75 Å². The van der Waals surface area contributed by atoms with Gasteiger partial charge in [-0.1, -0.05) is 36.4 Å². The predicted octanol–water partition coefficient (Wildman–Crippen LogP) is 4.24. The zero-order valence-corrected chi connectivity index (χ0v) is 15.3. The summed E-state index contributed by atoms with van der Waals surface area (Å²) >= 11 is 0. The fourth-order valence-electron chi connectivity index (χ4n) is 3.33. The SMILES string of the molecule is COc1ccccc1CC(=O)c1cn(CCC[C@@H](C)O)c2ccccc12. The van der Waals surface area contributed by atoms with Crippen LogP contribution in [0.1, 0.15) is 35.7 Å². The van der Waals surface area contributed by atoms with Crippen molar-refractivity contribution in [1.82, 2.24) is 4.57 Å². The van der Waals surface area contributed by atoms with Gasteiger partial charge in [0.05, 0.1) is 13.2 Å². The molecule has 0 aliphatic rings. The molecule has 2 aromatic carbocycles. The van der Waals surface area contributed by atoms with Crippen molar-refractivity contribution in [2.24, 2.45) is 0 Å². The van der Waals surface area contributed by atoms with Crippen LogP contribution >= 0.6 is 0 Å². The largest absolute Gasteiger partial charge is 0.496 e. The number of aliphatic hydroxyl groups excluding tert-OH is 1. The molecule has 1 atom stereocenters. The summed E-state index contributed by atoms with van der Waals surface area (Å²) in [5.41, 5.74) is 2.69. The second-order valence-electron chi connectivity index (χ2n) is 6.66. The van der Waals surface area contributed by atoms with E-state index in [1.807, 2.05) is 54.7 Å². The zero-order chi connectivity index (χ0) is 18.5. The Labute approximate surface area is 154 Å². The molecule has 3 aromatic rings. The number of para-hydroxylation sites is 2. The van der Waals surface area contributed by atoms with Crippen molar-refractivity contribution in [3.8, 4) is 5.75 Å². The van der Waals surface area contributed by atoms with E-state index in [0.29, 0.717) is 6.42 Å². The summed E-state index contributed by atoms with van der Waals surface area (Å²) in [5, 5.41) is 10.5. The quantitative estimate of drug-likeness (QED) is 0.618. The lowest BCUT2D eigenvalue weighted by atomic mass is 10.0. The van der Waals surface area contributed by atoms with Gasteiger partial charge in [0.2, 0.25) is 0 Å². The van der Waals surface area contributed by atoms with Crippen molar-refractivity contribution < 1.29 is 14.6 Å². The maximum Gasteiger partial charge on any atom is 0.169 e. The van der Waals surface area contributed by atoms with E-state index in [1.165, 1.54) is 0 Å². The predicted molar refractivity (Wildman–Crippen MR) is 104 cm³/mol. The van der Waals surface area contributed by atoms with E-state index in [0.717, 1.165) is 47.2 Å². The van der Waals surface area contributed by atoms with Crippen molar-refractivity contribution in [2.75, 3.05) is 7.11 Å². The first-order valence-electron chi connectivity index (χ1n) is 9.01. The molecule has 0 aliphatic carbocycles. The minimum atomic E-state index is -0.302. The molecule has 0 unspecified atom stereocenters. The number of benzene rings is 2. The molecule has 1 N–H and O–H groups in total. The molecule has 0 amide bonds. The number of aliphatic hydroxyl groups is 1. The molecule has 4 heteroatoms. The van der Waals surface area contributed by atoms with Crippen LogP contribution in [0.2, 0.25) is 0 Å². The minimum absolute atomic E-state index is 0.0833. The third-order valence-electron chi connectivity index (χ3n) is 4.65. The summed E-state index contributed by atoms with van der Waals surface area (Å²) in [6.07, 6.45) is 3.58. The average Bonchev–Trinajstić information content (AvgIpc) is 3.01. The van der Waals surface area contributed by atoms with Crippen LogP contribution in [0, 0.1) is 0 Å². The molecule has 1 aromatic heterocycles. The fraction of sp³-hybridized carbons (Fsp3) is 0.318. The van der Waals surface area contributed by atoms with Crippen LogP contribution in [-0.2, 0) is 13.0 Å². The first-order chi connectivity index (χ1) is 12.6. The summed E-state index contributed by atoms with van der Waals surface area (Å²) in [7, 11) is 1.62. The Bertz CT molecular complexity index is 895. The van der Waals surface area contributed by atoms with Gasteiger partial charge in [0.15, 0.2) is 5.78 Å². The van der Waals surface area contributed by atoms with E-state index >= 15 is 0 Å². The molecule has 0 radical (unpaired) electrons. The second-order valence-corrected chi connectivity index (χ2v) is 6.66. The Balaban J connectivity index is 1.88. The monoisotopic (exact) mass is 351 g/mol. The maximum absolute atomic E-state index is 13.0. The highest BCUT2D eigenvalue weighted by atomic mass is 16.5. The number of nitrogens with zero attached hydrogens (tertiary/aromatic N) is 1. The number of ketones is 1. The van der Waals surface area contributed by atoms with Gasteiger partial charge in [-0.05, 0) is 31.9 Å². The number of rotatable bonds is 8. The van der Waals surface area contributed by atoms with Crippen LogP contribution in [0.25, 0.3) is 10.9 Å². The van der Waals surface area contributed by atoms with Gasteiger partial charge >= 0.3 is 0 Å². The average molecular weight is 351 g/mol. The first kappa shape index (κ1) is 18.2. The Kier molecular flexibility index (Phi) is 5.74. The molecule has 0 fully saturated rings. The van der Waals surface area contributed by atoms with Gasteiger partial charge < -0.3 is 14.4 Å². The van der Waals surface area contributed by atoms with Crippen LogP contribution in [0.4, 0.5) is 0 Å². The fourth-order valence-corrected chi connectivity index (χ4v) is 3.33. The molecule has 0 saturated carbocycles. The summed E-state index contributed by atoms with van der Waals surface area (Å²) in [5.74, 6) is 0.821. The summed E-state index contributed by atoms with van der Waals surface area (Å²) in [4.78, 5) is 13.0. The van der Waals surface area contributed by atoms with Crippen LogP contribution in [-0.4, -0.2) is 28.7 Å². The number of fused-ring (bicyclic) bond motifs is 1. The van der Waals surface area contributed by atoms with Crippen molar-refractivity contribution >= 4 is 16.7 Å². The molecule has 1 heterocycles. The van der Waals surface area contributed by atoms with Gasteiger partial charge in [0, 0.05) is 41.2 Å². The van der Waals surface area contributed by atoms with Crippen LogP contribution < -0.4 is 4.74 Å². The first-order valence-corrected chi connectivity index (χ1v) is 9.01. The van der Waals surface area contributed by atoms with Crippen LogP contribution in [0.15, 0.2) is 54.7 Å². The van der Waals surface area contributed by atoms with E-state index in [4.69, 9.17) is 4.74 Å². The summed E-state index contributed by atoms with van der Waals surface area (Å²) in [6.45, 7) is 2.59. The van der Waals surface area contributed by atoms with Crippen molar-refractivity contribution in [2.45, 2.75) is 38.8 Å².